The van der Waals surface area contributed by atoms with Gasteiger partial charge < -0.3 is 14.2 Å². The van der Waals surface area contributed by atoms with Crippen LogP contribution < -0.4 is 4.74 Å². The van der Waals surface area contributed by atoms with Gasteiger partial charge in [0.1, 0.15) is 11.6 Å². The van der Waals surface area contributed by atoms with Crippen LogP contribution in [0, 0.1) is 5.82 Å². The molecule has 1 saturated heterocycles. The first-order valence-corrected chi connectivity index (χ1v) is 9.46. The zero-order valence-electron chi connectivity index (χ0n) is 15.8. The molecule has 4 rings (SSSR count). The topological polar surface area (TPSA) is 68.5 Å². The summed E-state index contributed by atoms with van der Waals surface area (Å²) in [6.07, 6.45) is 5.50. The van der Waals surface area contributed by atoms with Crippen LogP contribution in [-0.2, 0) is 4.79 Å². The number of aromatic nitrogens is 2. The van der Waals surface area contributed by atoms with Crippen molar-refractivity contribution < 1.29 is 18.4 Å². The summed E-state index contributed by atoms with van der Waals surface area (Å²) in [5, 5.41) is 4.01. The van der Waals surface area contributed by atoms with Gasteiger partial charge in [-0.25, -0.2) is 4.39 Å². The molecule has 0 unspecified atom stereocenters. The van der Waals surface area contributed by atoms with E-state index in [4.69, 9.17) is 9.26 Å². The molecule has 0 atom stereocenters. The monoisotopic (exact) mass is 393 g/mol. The largest absolute Gasteiger partial charge is 0.483 e. The maximum absolute atomic E-state index is 13.0. The standard InChI is InChI=1S/C22H20FN3O3/c23-17-10-7-16(8-11-17)9-12-20-24-22(25-29-20)18-5-1-2-6-19(18)28-15-21(27)26-13-3-4-14-26/h1-2,5-12H,3-4,13-15H2/b12-9+. The number of carbonyl (C=O) groups excluding carboxylic acids is 1. The zero-order valence-corrected chi connectivity index (χ0v) is 15.8. The van der Waals surface area contributed by atoms with Gasteiger partial charge in [-0.2, -0.15) is 4.98 Å². The lowest BCUT2D eigenvalue weighted by Crippen LogP contribution is -2.32. The lowest BCUT2D eigenvalue weighted by molar-refractivity contribution is -0.132. The molecule has 3 aromatic rings. The van der Waals surface area contributed by atoms with Crippen LogP contribution >= 0.6 is 0 Å². The van der Waals surface area contributed by atoms with Crippen LogP contribution in [0.4, 0.5) is 4.39 Å². The van der Waals surface area contributed by atoms with Crippen molar-refractivity contribution in [1.82, 2.24) is 15.0 Å². The summed E-state index contributed by atoms with van der Waals surface area (Å²) in [4.78, 5) is 18.4. The molecule has 0 saturated carbocycles. The third-order valence-corrected chi connectivity index (χ3v) is 4.67. The van der Waals surface area contributed by atoms with Crippen LogP contribution in [0.3, 0.4) is 0 Å². The second-order valence-corrected chi connectivity index (χ2v) is 6.71. The smallest absolute Gasteiger partial charge is 0.260 e. The first kappa shape index (κ1) is 18.9. The Labute approximate surface area is 167 Å². The summed E-state index contributed by atoms with van der Waals surface area (Å²) in [6.45, 7) is 1.56. The number of halogens is 1. The summed E-state index contributed by atoms with van der Waals surface area (Å²) in [5.74, 6) is 0.894. The van der Waals surface area contributed by atoms with E-state index < -0.39 is 0 Å². The first-order chi connectivity index (χ1) is 14.2. The highest BCUT2D eigenvalue weighted by Crippen LogP contribution is 2.28. The SMILES string of the molecule is O=C(COc1ccccc1-c1noc(/C=C/c2ccc(F)cc2)n1)N1CCCC1. The van der Waals surface area contributed by atoms with Gasteiger partial charge >= 0.3 is 0 Å². The highest BCUT2D eigenvalue weighted by molar-refractivity contribution is 5.78. The van der Waals surface area contributed by atoms with Crippen molar-refractivity contribution in [3.8, 4) is 17.1 Å². The Morgan fingerprint density at radius 1 is 1.10 bits per heavy atom. The molecule has 29 heavy (non-hydrogen) atoms. The number of ether oxygens (including phenoxy) is 1. The number of carbonyl (C=O) groups is 1. The number of likely N-dealkylation sites (tertiary alicyclic amines) is 1. The Morgan fingerprint density at radius 3 is 2.66 bits per heavy atom. The molecule has 1 aromatic heterocycles. The summed E-state index contributed by atoms with van der Waals surface area (Å²) < 4.78 is 24.0. The first-order valence-electron chi connectivity index (χ1n) is 9.46. The molecular formula is C22H20FN3O3. The van der Waals surface area contributed by atoms with Crippen LogP contribution in [0.15, 0.2) is 53.1 Å². The maximum Gasteiger partial charge on any atom is 0.260 e. The van der Waals surface area contributed by atoms with E-state index in [0.717, 1.165) is 31.5 Å². The molecule has 0 aliphatic carbocycles. The highest BCUT2D eigenvalue weighted by Gasteiger charge is 2.19. The summed E-state index contributed by atoms with van der Waals surface area (Å²) in [5.41, 5.74) is 1.46. The molecule has 0 N–H and O–H groups in total. The van der Waals surface area contributed by atoms with E-state index in [9.17, 15) is 9.18 Å². The average molecular weight is 393 g/mol. The predicted molar refractivity (Wildman–Crippen MR) is 106 cm³/mol. The van der Waals surface area contributed by atoms with Crippen LogP contribution in [0.1, 0.15) is 24.3 Å². The second-order valence-electron chi connectivity index (χ2n) is 6.71. The van der Waals surface area contributed by atoms with Crippen LogP contribution in [0.25, 0.3) is 23.5 Å². The van der Waals surface area contributed by atoms with Crippen LogP contribution in [0.2, 0.25) is 0 Å². The van der Waals surface area contributed by atoms with Crippen molar-refractivity contribution in [2.45, 2.75) is 12.8 Å². The number of para-hydroxylation sites is 1. The summed E-state index contributed by atoms with van der Waals surface area (Å²) in [6, 6.07) is 13.3. The number of hydrogen-bond donors (Lipinski definition) is 0. The molecule has 1 aliphatic rings. The number of hydrogen-bond acceptors (Lipinski definition) is 5. The lowest BCUT2D eigenvalue weighted by atomic mass is 10.2. The Kier molecular flexibility index (Phi) is 5.65. The zero-order chi connectivity index (χ0) is 20.1. The van der Waals surface area contributed by atoms with Gasteiger partial charge in [0.15, 0.2) is 6.61 Å². The molecule has 2 heterocycles. The van der Waals surface area contributed by atoms with Crippen molar-refractivity contribution >= 4 is 18.1 Å². The third kappa shape index (κ3) is 4.68. The molecule has 0 bridgehead atoms. The van der Waals surface area contributed by atoms with E-state index in [0.29, 0.717) is 23.0 Å². The van der Waals surface area contributed by atoms with Gasteiger partial charge in [-0.3, -0.25) is 4.79 Å². The minimum atomic E-state index is -0.290. The Bertz CT molecular complexity index is 1010. The van der Waals surface area contributed by atoms with Gasteiger partial charge in [0.05, 0.1) is 5.56 Å². The number of rotatable bonds is 6. The molecule has 148 valence electrons. The van der Waals surface area contributed by atoms with Gasteiger partial charge in [-0.05, 0) is 48.7 Å². The normalized spacial score (nSPS) is 13.9. The number of amides is 1. The van der Waals surface area contributed by atoms with Gasteiger partial charge in [0.25, 0.3) is 11.8 Å². The minimum Gasteiger partial charge on any atom is -0.483 e. The predicted octanol–water partition coefficient (Wildman–Crippen LogP) is 4.05. The molecule has 2 aromatic carbocycles. The van der Waals surface area contributed by atoms with Crippen molar-refractivity contribution in [3.63, 3.8) is 0 Å². The van der Waals surface area contributed by atoms with Gasteiger partial charge in [-0.1, -0.05) is 29.4 Å². The average Bonchev–Trinajstić information content (AvgIpc) is 3.44. The Hall–Kier alpha value is -3.48. The van der Waals surface area contributed by atoms with Crippen molar-refractivity contribution in [3.05, 3.63) is 65.8 Å². The van der Waals surface area contributed by atoms with Crippen LogP contribution in [0.5, 0.6) is 5.75 Å². The summed E-state index contributed by atoms with van der Waals surface area (Å²) in [7, 11) is 0. The fourth-order valence-electron chi connectivity index (χ4n) is 3.13. The number of nitrogens with zero attached hydrogens (tertiary/aromatic N) is 3. The van der Waals surface area contributed by atoms with E-state index in [1.54, 1.807) is 30.4 Å². The molecule has 0 radical (unpaired) electrons. The van der Waals surface area contributed by atoms with E-state index in [1.807, 2.05) is 23.1 Å². The number of benzene rings is 2. The molecular weight excluding hydrogens is 373 g/mol. The van der Waals surface area contributed by atoms with Crippen molar-refractivity contribution in [2.75, 3.05) is 19.7 Å². The van der Waals surface area contributed by atoms with E-state index in [1.165, 1.54) is 12.1 Å². The summed E-state index contributed by atoms with van der Waals surface area (Å²) >= 11 is 0. The molecule has 1 amide bonds. The molecule has 1 fully saturated rings. The van der Waals surface area contributed by atoms with Crippen molar-refractivity contribution in [1.29, 1.82) is 0 Å². The van der Waals surface area contributed by atoms with E-state index in [2.05, 4.69) is 10.1 Å². The minimum absolute atomic E-state index is 0.0201. The van der Waals surface area contributed by atoms with Gasteiger partial charge in [0.2, 0.25) is 5.82 Å². The Balaban J connectivity index is 1.46. The fourth-order valence-corrected chi connectivity index (χ4v) is 3.13. The molecule has 6 nitrogen and oxygen atoms in total. The molecule has 0 spiro atoms. The third-order valence-electron chi connectivity index (χ3n) is 4.67. The molecule has 7 heteroatoms. The lowest BCUT2D eigenvalue weighted by Gasteiger charge is -2.16. The van der Waals surface area contributed by atoms with Crippen LogP contribution in [-0.4, -0.2) is 40.6 Å². The maximum atomic E-state index is 13.0. The highest BCUT2D eigenvalue weighted by atomic mass is 19.1. The van der Waals surface area contributed by atoms with E-state index in [-0.39, 0.29) is 18.3 Å². The Morgan fingerprint density at radius 2 is 1.86 bits per heavy atom. The van der Waals surface area contributed by atoms with Crippen molar-refractivity contribution in [2.24, 2.45) is 0 Å². The van der Waals surface area contributed by atoms with Gasteiger partial charge in [-0.15, -0.1) is 0 Å². The van der Waals surface area contributed by atoms with Gasteiger partial charge in [0, 0.05) is 19.2 Å². The quantitative estimate of drug-likeness (QED) is 0.632. The molecule has 1 aliphatic heterocycles. The van der Waals surface area contributed by atoms with E-state index >= 15 is 0 Å². The second kappa shape index (κ2) is 8.68. The fraction of sp³-hybridized carbons (Fsp3) is 0.227.